The predicted octanol–water partition coefficient (Wildman–Crippen LogP) is 3.24. The van der Waals surface area contributed by atoms with Crippen molar-refractivity contribution in [2.75, 3.05) is 6.61 Å². The third-order valence-corrected chi connectivity index (χ3v) is 4.31. The summed E-state index contributed by atoms with van der Waals surface area (Å²) in [5.41, 5.74) is 1.02. The Balaban J connectivity index is 1.81. The van der Waals surface area contributed by atoms with Crippen LogP contribution in [0.5, 0.6) is 11.5 Å². The average Bonchev–Trinajstić information content (AvgIpc) is 3.11. The highest BCUT2D eigenvalue weighted by Crippen LogP contribution is 2.33. The molecule has 8 heteroatoms. The SMILES string of the molecule is CCCc1c(OCCCCc2nnn(CCCC#N)n2)ccc(C(C)=O)c1O. The van der Waals surface area contributed by atoms with Crippen LogP contribution in [0.25, 0.3) is 0 Å². The summed E-state index contributed by atoms with van der Waals surface area (Å²) in [7, 11) is 0. The fourth-order valence-corrected chi connectivity index (χ4v) is 2.87. The molecule has 1 N–H and O–H groups in total. The number of aromatic nitrogens is 4. The smallest absolute Gasteiger partial charge is 0.174 e. The molecule has 1 heterocycles. The Bertz CT molecular complexity index is 826. The van der Waals surface area contributed by atoms with Crippen LogP contribution in [-0.2, 0) is 19.4 Å². The lowest BCUT2D eigenvalue weighted by molar-refractivity contribution is 0.101. The number of ether oxygens (including phenoxy) is 1. The van der Waals surface area contributed by atoms with E-state index in [1.54, 1.807) is 12.1 Å². The van der Waals surface area contributed by atoms with E-state index in [2.05, 4.69) is 21.5 Å². The highest BCUT2D eigenvalue weighted by atomic mass is 16.5. The minimum atomic E-state index is -0.158. The van der Waals surface area contributed by atoms with Gasteiger partial charge in [0.05, 0.1) is 24.8 Å². The predicted molar refractivity (Wildman–Crippen MR) is 103 cm³/mol. The molecule has 0 amide bonds. The van der Waals surface area contributed by atoms with Crippen LogP contribution in [0.3, 0.4) is 0 Å². The van der Waals surface area contributed by atoms with Crippen molar-refractivity contribution in [2.45, 2.75) is 65.3 Å². The van der Waals surface area contributed by atoms with E-state index in [9.17, 15) is 9.90 Å². The number of hydrogen-bond donors (Lipinski definition) is 1. The zero-order chi connectivity index (χ0) is 20.4. The number of nitrogens with zero attached hydrogens (tertiary/aromatic N) is 5. The number of carbonyl (C=O) groups is 1. The van der Waals surface area contributed by atoms with Gasteiger partial charge in [-0.1, -0.05) is 13.3 Å². The Labute approximate surface area is 165 Å². The second kappa shape index (κ2) is 11.0. The maximum absolute atomic E-state index is 11.6. The van der Waals surface area contributed by atoms with Crippen molar-refractivity contribution >= 4 is 5.78 Å². The number of ketones is 1. The number of aromatic hydroxyl groups is 1. The van der Waals surface area contributed by atoms with Gasteiger partial charge in [-0.25, -0.2) is 0 Å². The molecule has 1 aromatic heterocycles. The summed E-state index contributed by atoms with van der Waals surface area (Å²) in [6.45, 7) is 4.57. The molecule has 150 valence electrons. The largest absolute Gasteiger partial charge is 0.507 e. The van der Waals surface area contributed by atoms with Crippen molar-refractivity contribution in [2.24, 2.45) is 0 Å². The lowest BCUT2D eigenvalue weighted by Crippen LogP contribution is -2.04. The lowest BCUT2D eigenvalue weighted by atomic mass is 10.0. The van der Waals surface area contributed by atoms with Gasteiger partial charge in [-0.2, -0.15) is 10.1 Å². The zero-order valence-electron chi connectivity index (χ0n) is 16.5. The Kier molecular flexibility index (Phi) is 8.40. The highest BCUT2D eigenvalue weighted by molar-refractivity contribution is 5.97. The Hall–Kier alpha value is -2.95. The van der Waals surface area contributed by atoms with Crippen LogP contribution in [0.1, 0.15) is 67.7 Å². The second-order valence-electron chi connectivity index (χ2n) is 6.61. The molecule has 0 aliphatic carbocycles. The molecule has 8 nitrogen and oxygen atoms in total. The fraction of sp³-hybridized carbons (Fsp3) is 0.550. The zero-order valence-corrected chi connectivity index (χ0v) is 16.5. The Morgan fingerprint density at radius 3 is 2.82 bits per heavy atom. The summed E-state index contributed by atoms with van der Waals surface area (Å²) >= 11 is 0. The number of phenols is 1. The van der Waals surface area contributed by atoms with Crippen LogP contribution in [0, 0.1) is 11.3 Å². The van der Waals surface area contributed by atoms with Crippen molar-refractivity contribution in [3.63, 3.8) is 0 Å². The summed E-state index contributed by atoms with van der Waals surface area (Å²) in [6, 6.07) is 5.47. The monoisotopic (exact) mass is 385 g/mol. The van der Waals surface area contributed by atoms with Gasteiger partial charge < -0.3 is 9.84 Å². The summed E-state index contributed by atoms with van der Waals surface area (Å²) in [4.78, 5) is 13.1. The first-order valence-electron chi connectivity index (χ1n) is 9.69. The number of Topliss-reactive ketones (excluding diaryl/α,β-unsaturated/α-hetero) is 1. The van der Waals surface area contributed by atoms with Crippen LogP contribution in [0.15, 0.2) is 12.1 Å². The van der Waals surface area contributed by atoms with Crippen molar-refractivity contribution in [1.82, 2.24) is 20.2 Å². The van der Waals surface area contributed by atoms with E-state index in [0.29, 0.717) is 55.1 Å². The van der Waals surface area contributed by atoms with E-state index in [0.717, 1.165) is 25.7 Å². The van der Waals surface area contributed by atoms with Crippen LogP contribution in [0.4, 0.5) is 0 Å². The van der Waals surface area contributed by atoms with Crippen molar-refractivity contribution in [3.05, 3.63) is 29.1 Å². The number of unbranched alkanes of at least 4 members (excludes halogenated alkanes) is 2. The van der Waals surface area contributed by atoms with Gasteiger partial charge >= 0.3 is 0 Å². The number of tetrazole rings is 1. The summed E-state index contributed by atoms with van der Waals surface area (Å²) in [5.74, 6) is 1.19. The Morgan fingerprint density at radius 1 is 1.29 bits per heavy atom. The van der Waals surface area contributed by atoms with Crippen molar-refractivity contribution in [1.29, 1.82) is 5.26 Å². The molecule has 2 rings (SSSR count). The van der Waals surface area contributed by atoms with Gasteiger partial charge in [0.1, 0.15) is 11.5 Å². The number of carbonyl (C=O) groups excluding carboxylic acids is 1. The molecule has 0 fully saturated rings. The number of aryl methyl sites for hydroxylation is 2. The first kappa shape index (κ1) is 21.4. The van der Waals surface area contributed by atoms with Crippen molar-refractivity contribution in [3.8, 4) is 17.6 Å². The minimum absolute atomic E-state index is 0.0315. The molecule has 0 saturated heterocycles. The minimum Gasteiger partial charge on any atom is -0.507 e. The normalized spacial score (nSPS) is 10.6. The van der Waals surface area contributed by atoms with Gasteiger partial charge in [0, 0.05) is 18.4 Å². The van der Waals surface area contributed by atoms with Crippen LogP contribution in [-0.4, -0.2) is 37.7 Å². The van der Waals surface area contributed by atoms with Crippen LogP contribution in [0.2, 0.25) is 0 Å². The summed E-state index contributed by atoms with van der Waals surface area (Å²) < 4.78 is 5.85. The van der Waals surface area contributed by atoms with Gasteiger partial charge in [-0.15, -0.1) is 10.2 Å². The first-order chi connectivity index (χ1) is 13.6. The molecular weight excluding hydrogens is 358 g/mol. The van der Waals surface area contributed by atoms with E-state index in [1.165, 1.54) is 11.7 Å². The van der Waals surface area contributed by atoms with E-state index >= 15 is 0 Å². The molecule has 0 spiro atoms. The van der Waals surface area contributed by atoms with Gasteiger partial charge in [-0.3, -0.25) is 4.79 Å². The first-order valence-corrected chi connectivity index (χ1v) is 9.69. The van der Waals surface area contributed by atoms with Crippen LogP contribution >= 0.6 is 0 Å². The third kappa shape index (κ3) is 6.05. The number of phenolic OH excluding ortho intramolecular Hbond substituents is 1. The number of hydrogen-bond acceptors (Lipinski definition) is 7. The van der Waals surface area contributed by atoms with E-state index < -0.39 is 0 Å². The molecule has 28 heavy (non-hydrogen) atoms. The molecule has 1 aromatic carbocycles. The van der Waals surface area contributed by atoms with Gasteiger partial charge in [-0.05, 0) is 50.0 Å². The topological polar surface area (TPSA) is 114 Å². The maximum Gasteiger partial charge on any atom is 0.174 e. The number of rotatable bonds is 12. The molecule has 0 aliphatic heterocycles. The molecule has 0 saturated carbocycles. The Morgan fingerprint density at radius 2 is 2.11 bits per heavy atom. The van der Waals surface area contributed by atoms with E-state index in [4.69, 9.17) is 10.00 Å². The molecule has 0 aliphatic rings. The van der Waals surface area contributed by atoms with Crippen molar-refractivity contribution < 1.29 is 14.6 Å². The quantitative estimate of drug-likeness (QED) is 0.440. The van der Waals surface area contributed by atoms with E-state index in [1.807, 2.05) is 6.92 Å². The third-order valence-electron chi connectivity index (χ3n) is 4.31. The van der Waals surface area contributed by atoms with Gasteiger partial charge in [0.2, 0.25) is 0 Å². The maximum atomic E-state index is 11.6. The van der Waals surface area contributed by atoms with Gasteiger partial charge in [0.25, 0.3) is 0 Å². The number of benzene rings is 1. The summed E-state index contributed by atoms with van der Waals surface area (Å²) in [6.07, 6.45) is 5.07. The molecular formula is C20H27N5O3. The van der Waals surface area contributed by atoms with Crippen LogP contribution < -0.4 is 4.74 Å². The fourth-order valence-electron chi connectivity index (χ4n) is 2.87. The molecule has 2 aromatic rings. The standard InChI is InChI=1S/C20H27N5O3/c1-3-8-17-18(11-10-16(15(2)26)20(17)27)28-14-7-4-9-19-22-24-25(23-19)13-6-5-12-21/h10-11,27H,3-9,13-14H2,1-2H3. The average molecular weight is 385 g/mol. The van der Waals surface area contributed by atoms with E-state index in [-0.39, 0.29) is 11.5 Å². The summed E-state index contributed by atoms with van der Waals surface area (Å²) in [5, 5.41) is 31.2. The second-order valence-corrected chi connectivity index (χ2v) is 6.61. The molecule has 0 unspecified atom stereocenters. The number of nitriles is 1. The molecule has 0 bridgehead atoms. The molecule has 0 radical (unpaired) electrons. The highest BCUT2D eigenvalue weighted by Gasteiger charge is 2.15. The lowest BCUT2D eigenvalue weighted by Gasteiger charge is -2.14. The molecule has 0 atom stereocenters. The van der Waals surface area contributed by atoms with Gasteiger partial charge in [0.15, 0.2) is 11.6 Å².